The van der Waals surface area contributed by atoms with Gasteiger partial charge < -0.3 is 0 Å². The van der Waals surface area contributed by atoms with E-state index in [0.717, 1.165) is 11.6 Å². The molecule has 56 valence electrons. The number of H-pyrrole nitrogens is 1. The zero-order valence-electron chi connectivity index (χ0n) is 6.03. The van der Waals surface area contributed by atoms with Gasteiger partial charge in [0.25, 0.3) is 0 Å². The highest BCUT2D eigenvalue weighted by atomic mass is 32.2. The van der Waals surface area contributed by atoms with Crippen molar-refractivity contribution in [3.8, 4) is 0 Å². The molecular weight excluding hydrogens is 148 g/mol. The Morgan fingerprint density at radius 3 is 3.00 bits per heavy atom. The average Bonchev–Trinajstić information content (AvgIpc) is 2.40. The van der Waals surface area contributed by atoms with Crippen LogP contribution in [0, 0.1) is 0 Å². The summed E-state index contributed by atoms with van der Waals surface area (Å²) in [5.41, 5.74) is 0. The lowest BCUT2D eigenvalue weighted by Crippen LogP contribution is -1.92. The molecule has 1 unspecified atom stereocenters. The lowest BCUT2D eigenvalue weighted by molar-refractivity contribution is 0.881. The zero-order chi connectivity index (χ0) is 7.40. The Morgan fingerprint density at radius 2 is 2.50 bits per heavy atom. The minimum absolute atomic E-state index is 0.567. The fourth-order valence-corrected chi connectivity index (χ4v) is 1.17. The third kappa shape index (κ3) is 1.98. The summed E-state index contributed by atoms with van der Waals surface area (Å²) in [6.45, 7) is 4.28. The van der Waals surface area contributed by atoms with Gasteiger partial charge in [-0.3, -0.25) is 0 Å². The predicted molar refractivity (Wildman–Crippen MR) is 39.8 cm³/mol. The molecule has 0 amide bonds. The van der Waals surface area contributed by atoms with E-state index in [4.69, 9.17) is 0 Å². The predicted octanol–water partition coefficient (Wildman–Crippen LogP) is 1.09. The van der Waals surface area contributed by atoms with Crippen LogP contribution in [0.5, 0.6) is 0 Å². The maximum atomic E-state index is 3.82. The normalized spacial score (nSPS) is 13.4. The van der Waals surface area contributed by atoms with Crippen LogP contribution in [0.1, 0.15) is 20.3 Å². The Bertz CT molecular complexity index is 174. The highest BCUT2D eigenvalue weighted by Gasteiger charge is 2.03. The fraction of sp³-hybridized carbons (Fsp3) is 0.800. The summed E-state index contributed by atoms with van der Waals surface area (Å²) < 4.78 is 0. The molecule has 0 fully saturated rings. The van der Waals surface area contributed by atoms with Gasteiger partial charge in [-0.2, -0.15) is 5.21 Å². The largest absolute Gasteiger partial charge is 0.231 e. The highest BCUT2D eigenvalue weighted by molar-refractivity contribution is 7.99. The number of hydrogen-bond donors (Lipinski definition) is 1. The van der Waals surface area contributed by atoms with E-state index in [1.54, 1.807) is 11.8 Å². The quantitative estimate of drug-likeness (QED) is 0.669. The molecule has 0 spiro atoms. The van der Waals surface area contributed by atoms with Gasteiger partial charge in [0, 0.05) is 5.25 Å². The minimum atomic E-state index is 0.567. The molecule has 10 heavy (non-hydrogen) atoms. The van der Waals surface area contributed by atoms with Gasteiger partial charge >= 0.3 is 0 Å². The van der Waals surface area contributed by atoms with Gasteiger partial charge in [-0.15, -0.1) is 10.2 Å². The van der Waals surface area contributed by atoms with Crippen LogP contribution in [0.3, 0.4) is 0 Å². The van der Waals surface area contributed by atoms with E-state index in [2.05, 4.69) is 34.5 Å². The maximum Gasteiger partial charge on any atom is 0.231 e. The van der Waals surface area contributed by atoms with Crippen LogP contribution in [-0.4, -0.2) is 25.9 Å². The van der Waals surface area contributed by atoms with Gasteiger partial charge in [-0.05, 0) is 11.6 Å². The zero-order valence-corrected chi connectivity index (χ0v) is 6.85. The van der Waals surface area contributed by atoms with Gasteiger partial charge in [0.2, 0.25) is 5.16 Å². The summed E-state index contributed by atoms with van der Waals surface area (Å²) in [6.07, 6.45) is 1.12. The SMILES string of the molecule is CCC(C)Sc1nn[nH]n1. The van der Waals surface area contributed by atoms with Gasteiger partial charge in [0.05, 0.1) is 0 Å². The van der Waals surface area contributed by atoms with Gasteiger partial charge in [-0.25, -0.2) is 0 Å². The second kappa shape index (κ2) is 3.55. The van der Waals surface area contributed by atoms with E-state index < -0.39 is 0 Å². The van der Waals surface area contributed by atoms with Crippen LogP contribution in [0.25, 0.3) is 0 Å². The first-order chi connectivity index (χ1) is 4.83. The first-order valence-electron chi connectivity index (χ1n) is 3.23. The van der Waals surface area contributed by atoms with E-state index in [0.29, 0.717) is 5.25 Å². The molecule has 0 aliphatic carbocycles. The molecular formula is C5H10N4S. The lowest BCUT2D eigenvalue weighted by atomic mass is 10.4. The van der Waals surface area contributed by atoms with Gasteiger partial charge in [0.15, 0.2) is 0 Å². The summed E-state index contributed by atoms with van der Waals surface area (Å²) in [6, 6.07) is 0. The molecule has 0 aliphatic rings. The number of aromatic nitrogens is 4. The molecule has 1 atom stereocenters. The van der Waals surface area contributed by atoms with Crippen molar-refractivity contribution in [3.63, 3.8) is 0 Å². The monoisotopic (exact) mass is 158 g/mol. The number of nitrogens with one attached hydrogen (secondary N) is 1. The Morgan fingerprint density at radius 1 is 1.70 bits per heavy atom. The average molecular weight is 158 g/mol. The first-order valence-corrected chi connectivity index (χ1v) is 4.11. The molecule has 0 bridgehead atoms. The molecule has 0 aromatic carbocycles. The molecule has 4 nitrogen and oxygen atoms in total. The smallest absolute Gasteiger partial charge is 0.176 e. The summed E-state index contributed by atoms with van der Waals surface area (Å²) in [4.78, 5) is 0. The molecule has 1 N–H and O–H groups in total. The Kier molecular flexibility index (Phi) is 2.68. The van der Waals surface area contributed by atoms with Crippen LogP contribution >= 0.6 is 11.8 Å². The second-order valence-electron chi connectivity index (χ2n) is 2.03. The summed E-state index contributed by atoms with van der Waals surface area (Å²) in [7, 11) is 0. The minimum Gasteiger partial charge on any atom is -0.176 e. The van der Waals surface area contributed by atoms with Crippen LogP contribution in [0.2, 0.25) is 0 Å². The van der Waals surface area contributed by atoms with E-state index in [-0.39, 0.29) is 0 Å². The Balaban J connectivity index is 2.40. The molecule has 0 aliphatic heterocycles. The van der Waals surface area contributed by atoms with Crippen molar-refractivity contribution in [1.29, 1.82) is 0 Å². The van der Waals surface area contributed by atoms with Crippen molar-refractivity contribution >= 4 is 11.8 Å². The molecule has 5 heteroatoms. The molecule has 1 aromatic rings. The van der Waals surface area contributed by atoms with E-state index >= 15 is 0 Å². The summed E-state index contributed by atoms with van der Waals surface area (Å²) in [5.74, 6) is 0. The standard InChI is InChI=1S/C5H10N4S/c1-3-4(2)10-5-6-8-9-7-5/h4H,3H2,1-2H3,(H,6,7,8,9). The van der Waals surface area contributed by atoms with Crippen molar-refractivity contribution in [2.75, 3.05) is 0 Å². The number of tetrazole rings is 1. The first kappa shape index (κ1) is 7.53. The van der Waals surface area contributed by atoms with Crippen molar-refractivity contribution in [2.24, 2.45) is 0 Å². The summed E-state index contributed by atoms with van der Waals surface area (Å²) >= 11 is 1.63. The molecule has 1 heterocycles. The van der Waals surface area contributed by atoms with Crippen LogP contribution in [0.4, 0.5) is 0 Å². The van der Waals surface area contributed by atoms with Gasteiger partial charge in [0.1, 0.15) is 0 Å². The van der Waals surface area contributed by atoms with Crippen molar-refractivity contribution in [3.05, 3.63) is 0 Å². The molecule has 0 saturated heterocycles. The maximum absolute atomic E-state index is 3.82. The number of hydrogen-bond acceptors (Lipinski definition) is 4. The number of thioether (sulfide) groups is 1. The topological polar surface area (TPSA) is 54.5 Å². The number of rotatable bonds is 3. The number of nitrogens with zero attached hydrogens (tertiary/aromatic N) is 3. The van der Waals surface area contributed by atoms with Crippen LogP contribution in [-0.2, 0) is 0 Å². The highest BCUT2D eigenvalue weighted by Crippen LogP contribution is 2.19. The summed E-state index contributed by atoms with van der Waals surface area (Å²) in [5, 5.41) is 14.8. The van der Waals surface area contributed by atoms with Gasteiger partial charge in [-0.1, -0.05) is 25.6 Å². The third-order valence-electron chi connectivity index (χ3n) is 1.21. The lowest BCUT2D eigenvalue weighted by Gasteiger charge is -2.01. The second-order valence-corrected chi connectivity index (χ2v) is 3.44. The molecule has 0 radical (unpaired) electrons. The fourth-order valence-electron chi connectivity index (χ4n) is 0.466. The van der Waals surface area contributed by atoms with E-state index in [1.807, 2.05) is 0 Å². The molecule has 1 aromatic heterocycles. The van der Waals surface area contributed by atoms with Crippen LogP contribution in [0.15, 0.2) is 5.16 Å². The number of aromatic amines is 1. The molecule has 0 saturated carbocycles. The van der Waals surface area contributed by atoms with E-state index in [9.17, 15) is 0 Å². The van der Waals surface area contributed by atoms with Crippen molar-refractivity contribution < 1.29 is 0 Å². The Hall–Kier alpha value is -0.580. The van der Waals surface area contributed by atoms with Crippen LogP contribution < -0.4 is 0 Å². The van der Waals surface area contributed by atoms with E-state index in [1.165, 1.54) is 0 Å². The third-order valence-corrected chi connectivity index (χ3v) is 2.33. The van der Waals surface area contributed by atoms with Crippen molar-refractivity contribution in [1.82, 2.24) is 20.6 Å². The molecule has 1 rings (SSSR count). The van der Waals surface area contributed by atoms with Crippen molar-refractivity contribution in [2.45, 2.75) is 30.7 Å². The Labute approximate surface area is 63.8 Å².